The lowest BCUT2D eigenvalue weighted by atomic mass is 10.1. The third kappa shape index (κ3) is 2.65. The lowest BCUT2D eigenvalue weighted by Gasteiger charge is -2.17. The maximum Gasteiger partial charge on any atom is 0.252 e. The third-order valence-corrected chi connectivity index (χ3v) is 2.52. The first-order valence-electron chi connectivity index (χ1n) is 5.54. The van der Waals surface area contributed by atoms with E-state index in [4.69, 9.17) is 0 Å². The molecule has 0 atom stereocenters. The van der Waals surface area contributed by atoms with Gasteiger partial charge < -0.3 is 15.4 Å². The molecule has 0 radical (unpaired) electrons. The number of hydrogen-bond donors (Lipinski definition) is 3. The van der Waals surface area contributed by atoms with E-state index < -0.39 is 5.60 Å². The van der Waals surface area contributed by atoms with Crippen LogP contribution in [0.2, 0.25) is 0 Å². The van der Waals surface area contributed by atoms with Crippen LogP contribution in [0.5, 0.6) is 0 Å². The number of rotatable bonds is 3. The van der Waals surface area contributed by atoms with Crippen molar-refractivity contribution < 1.29 is 9.90 Å². The number of carbonyl (C=O) groups is 1. The average molecular weight is 232 g/mol. The topological polar surface area (TPSA) is 65.1 Å². The third-order valence-electron chi connectivity index (χ3n) is 2.52. The number of aromatic nitrogens is 1. The Kier molecular flexibility index (Phi) is 2.90. The predicted octanol–water partition coefficient (Wildman–Crippen LogP) is 1.67. The molecule has 4 nitrogen and oxygen atoms in total. The van der Waals surface area contributed by atoms with Crippen LogP contribution in [0, 0.1) is 0 Å². The van der Waals surface area contributed by atoms with Crippen LogP contribution in [0.15, 0.2) is 30.5 Å². The first-order chi connectivity index (χ1) is 7.97. The Labute approximate surface area is 99.7 Å². The second-order valence-corrected chi connectivity index (χ2v) is 4.74. The molecule has 0 aliphatic heterocycles. The van der Waals surface area contributed by atoms with E-state index in [2.05, 4.69) is 10.3 Å². The van der Waals surface area contributed by atoms with Crippen molar-refractivity contribution in [2.24, 2.45) is 0 Å². The number of aliphatic hydroxyl groups is 1. The van der Waals surface area contributed by atoms with Crippen molar-refractivity contribution in [1.82, 2.24) is 10.3 Å². The summed E-state index contributed by atoms with van der Waals surface area (Å²) in [6.07, 6.45) is 1.80. The van der Waals surface area contributed by atoms with Crippen molar-refractivity contribution in [1.29, 1.82) is 0 Å². The van der Waals surface area contributed by atoms with Crippen LogP contribution in [-0.4, -0.2) is 28.1 Å². The molecule has 2 rings (SSSR count). The highest BCUT2D eigenvalue weighted by Crippen LogP contribution is 2.17. The standard InChI is InChI=1S/C13H16N2O2/c1-13(2,17)8-15-12(16)10-4-3-5-11-9(10)6-7-14-11/h3-7,14,17H,8H2,1-2H3,(H,15,16). The van der Waals surface area contributed by atoms with Crippen molar-refractivity contribution in [2.45, 2.75) is 19.4 Å². The number of H-pyrrole nitrogens is 1. The Bertz CT molecular complexity index is 538. The molecule has 0 aliphatic carbocycles. The van der Waals surface area contributed by atoms with Gasteiger partial charge >= 0.3 is 0 Å². The molecule has 2 aromatic rings. The van der Waals surface area contributed by atoms with Gasteiger partial charge in [-0.25, -0.2) is 0 Å². The molecule has 0 bridgehead atoms. The van der Waals surface area contributed by atoms with Crippen LogP contribution >= 0.6 is 0 Å². The highest BCUT2D eigenvalue weighted by atomic mass is 16.3. The van der Waals surface area contributed by atoms with Crippen LogP contribution in [0.25, 0.3) is 10.9 Å². The fourth-order valence-electron chi connectivity index (χ4n) is 1.68. The van der Waals surface area contributed by atoms with E-state index in [9.17, 15) is 9.90 Å². The van der Waals surface area contributed by atoms with Crippen LogP contribution < -0.4 is 5.32 Å². The number of fused-ring (bicyclic) bond motifs is 1. The van der Waals surface area contributed by atoms with Gasteiger partial charge in [0, 0.05) is 29.2 Å². The van der Waals surface area contributed by atoms with Gasteiger partial charge in [-0.3, -0.25) is 4.79 Å². The van der Waals surface area contributed by atoms with Crippen LogP contribution in [-0.2, 0) is 0 Å². The van der Waals surface area contributed by atoms with Crippen molar-refractivity contribution in [3.05, 3.63) is 36.0 Å². The molecular weight excluding hydrogens is 216 g/mol. The maximum absolute atomic E-state index is 12.0. The van der Waals surface area contributed by atoms with E-state index in [1.54, 1.807) is 26.1 Å². The normalized spacial score (nSPS) is 11.7. The lowest BCUT2D eigenvalue weighted by Crippen LogP contribution is -2.38. The van der Waals surface area contributed by atoms with Gasteiger partial charge in [0.25, 0.3) is 5.91 Å². The van der Waals surface area contributed by atoms with Crippen LogP contribution in [0.3, 0.4) is 0 Å². The Balaban J connectivity index is 2.22. The SMILES string of the molecule is CC(C)(O)CNC(=O)c1cccc2[nH]ccc12. The summed E-state index contributed by atoms with van der Waals surface area (Å²) < 4.78 is 0. The van der Waals surface area contributed by atoms with Gasteiger partial charge in [-0.05, 0) is 32.0 Å². The zero-order valence-electron chi connectivity index (χ0n) is 9.95. The summed E-state index contributed by atoms with van der Waals surface area (Å²) >= 11 is 0. The summed E-state index contributed by atoms with van der Waals surface area (Å²) in [5, 5.41) is 13.2. The fraction of sp³-hybridized carbons (Fsp3) is 0.308. The smallest absolute Gasteiger partial charge is 0.252 e. The van der Waals surface area contributed by atoms with Gasteiger partial charge in [0.1, 0.15) is 0 Å². The lowest BCUT2D eigenvalue weighted by molar-refractivity contribution is 0.0695. The van der Waals surface area contributed by atoms with Crippen LogP contribution in [0.4, 0.5) is 0 Å². The number of carbonyl (C=O) groups excluding carboxylic acids is 1. The second kappa shape index (κ2) is 4.22. The Morgan fingerprint density at radius 1 is 1.41 bits per heavy atom. The quantitative estimate of drug-likeness (QED) is 0.753. The van der Waals surface area contributed by atoms with Crippen molar-refractivity contribution in [2.75, 3.05) is 6.54 Å². The van der Waals surface area contributed by atoms with Gasteiger partial charge in [-0.1, -0.05) is 6.07 Å². The molecule has 0 aliphatic rings. The number of amides is 1. The molecule has 0 fully saturated rings. The first-order valence-corrected chi connectivity index (χ1v) is 5.54. The van der Waals surface area contributed by atoms with E-state index in [0.717, 1.165) is 10.9 Å². The molecule has 0 unspecified atom stereocenters. The van der Waals surface area contributed by atoms with Crippen molar-refractivity contribution in [3.8, 4) is 0 Å². The molecule has 3 N–H and O–H groups in total. The summed E-state index contributed by atoms with van der Waals surface area (Å²) in [4.78, 5) is 15.0. The molecule has 90 valence electrons. The molecule has 4 heteroatoms. The van der Waals surface area contributed by atoms with E-state index in [-0.39, 0.29) is 12.5 Å². The highest BCUT2D eigenvalue weighted by molar-refractivity contribution is 6.06. The minimum absolute atomic E-state index is 0.169. The number of nitrogens with one attached hydrogen (secondary N) is 2. The Morgan fingerprint density at radius 2 is 2.18 bits per heavy atom. The fourth-order valence-corrected chi connectivity index (χ4v) is 1.68. The largest absolute Gasteiger partial charge is 0.389 e. The summed E-state index contributed by atoms with van der Waals surface area (Å²) in [5.74, 6) is -0.169. The summed E-state index contributed by atoms with van der Waals surface area (Å²) in [7, 11) is 0. The Hall–Kier alpha value is -1.81. The van der Waals surface area contributed by atoms with E-state index in [0.29, 0.717) is 5.56 Å². The van der Waals surface area contributed by atoms with E-state index in [1.807, 2.05) is 18.2 Å². The van der Waals surface area contributed by atoms with Crippen molar-refractivity contribution in [3.63, 3.8) is 0 Å². The first kappa shape index (κ1) is 11.7. The van der Waals surface area contributed by atoms with Gasteiger partial charge in [0.2, 0.25) is 0 Å². The summed E-state index contributed by atoms with van der Waals surface area (Å²) in [6.45, 7) is 3.54. The molecular formula is C13H16N2O2. The zero-order valence-corrected chi connectivity index (χ0v) is 9.95. The van der Waals surface area contributed by atoms with E-state index in [1.165, 1.54) is 0 Å². The zero-order chi connectivity index (χ0) is 12.5. The number of benzene rings is 1. The summed E-state index contributed by atoms with van der Waals surface area (Å²) in [6, 6.07) is 7.39. The molecule has 1 aromatic carbocycles. The second-order valence-electron chi connectivity index (χ2n) is 4.74. The minimum Gasteiger partial charge on any atom is -0.389 e. The molecule has 17 heavy (non-hydrogen) atoms. The minimum atomic E-state index is -0.901. The van der Waals surface area contributed by atoms with Crippen LogP contribution in [0.1, 0.15) is 24.2 Å². The van der Waals surface area contributed by atoms with Gasteiger partial charge in [-0.15, -0.1) is 0 Å². The molecule has 1 amide bonds. The summed E-state index contributed by atoms with van der Waals surface area (Å²) in [5.41, 5.74) is 0.649. The molecule has 0 spiro atoms. The highest BCUT2D eigenvalue weighted by Gasteiger charge is 2.16. The molecule has 1 aromatic heterocycles. The van der Waals surface area contributed by atoms with Gasteiger partial charge in [-0.2, -0.15) is 0 Å². The molecule has 0 saturated heterocycles. The number of aromatic amines is 1. The predicted molar refractivity (Wildman–Crippen MR) is 66.9 cm³/mol. The maximum atomic E-state index is 12.0. The van der Waals surface area contributed by atoms with Crippen molar-refractivity contribution >= 4 is 16.8 Å². The average Bonchev–Trinajstić information content (AvgIpc) is 2.72. The molecule has 1 heterocycles. The van der Waals surface area contributed by atoms with E-state index >= 15 is 0 Å². The monoisotopic (exact) mass is 232 g/mol. The Morgan fingerprint density at radius 3 is 2.88 bits per heavy atom. The van der Waals surface area contributed by atoms with Gasteiger partial charge in [0.05, 0.1) is 5.60 Å². The molecule has 0 saturated carbocycles. The number of hydrogen-bond acceptors (Lipinski definition) is 2. The van der Waals surface area contributed by atoms with Gasteiger partial charge in [0.15, 0.2) is 0 Å².